The molecule has 0 fully saturated rings. The van der Waals surface area contributed by atoms with E-state index < -0.39 is 0 Å². The molecular formula is C17H18FNO2S. The van der Waals surface area contributed by atoms with E-state index in [1.807, 2.05) is 24.3 Å². The van der Waals surface area contributed by atoms with Crippen molar-refractivity contribution in [3.8, 4) is 0 Å². The Labute approximate surface area is 133 Å². The Bertz CT molecular complexity index is 616. The predicted molar refractivity (Wildman–Crippen MR) is 86.8 cm³/mol. The summed E-state index contributed by atoms with van der Waals surface area (Å²) in [5.74, 6) is 0.634. The van der Waals surface area contributed by atoms with Gasteiger partial charge in [-0.15, -0.1) is 11.8 Å². The minimum atomic E-state index is -0.306. The Kier molecular flexibility index (Phi) is 6.43. The van der Waals surface area contributed by atoms with E-state index >= 15 is 0 Å². The molecule has 3 nitrogen and oxygen atoms in total. The SMILES string of the molecule is O=C(CSCc1ccc(CO)cc1)NCc1ccccc1F. The fourth-order valence-electron chi connectivity index (χ4n) is 1.89. The molecule has 2 rings (SSSR count). The Morgan fingerprint density at radius 1 is 1.09 bits per heavy atom. The monoisotopic (exact) mass is 319 g/mol. The first-order valence-electron chi connectivity index (χ1n) is 6.95. The second kappa shape index (κ2) is 8.56. The van der Waals surface area contributed by atoms with Gasteiger partial charge in [-0.05, 0) is 17.2 Å². The van der Waals surface area contributed by atoms with Crippen LogP contribution in [0.1, 0.15) is 16.7 Å². The van der Waals surface area contributed by atoms with Crippen LogP contribution in [0.25, 0.3) is 0 Å². The van der Waals surface area contributed by atoms with Crippen molar-refractivity contribution in [1.82, 2.24) is 5.32 Å². The van der Waals surface area contributed by atoms with Gasteiger partial charge in [-0.3, -0.25) is 4.79 Å². The van der Waals surface area contributed by atoms with Crippen molar-refractivity contribution in [1.29, 1.82) is 0 Å². The topological polar surface area (TPSA) is 49.3 Å². The molecule has 2 aromatic rings. The van der Waals surface area contributed by atoms with Gasteiger partial charge in [0.05, 0.1) is 12.4 Å². The first-order valence-corrected chi connectivity index (χ1v) is 8.11. The van der Waals surface area contributed by atoms with Crippen molar-refractivity contribution < 1.29 is 14.3 Å². The van der Waals surface area contributed by atoms with Gasteiger partial charge >= 0.3 is 0 Å². The van der Waals surface area contributed by atoms with Gasteiger partial charge in [-0.1, -0.05) is 42.5 Å². The molecule has 116 valence electrons. The van der Waals surface area contributed by atoms with Crippen LogP contribution in [-0.2, 0) is 23.7 Å². The summed E-state index contributed by atoms with van der Waals surface area (Å²) < 4.78 is 13.4. The van der Waals surface area contributed by atoms with Gasteiger partial charge in [-0.2, -0.15) is 0 Å². The maximum atomic E-state index is 13.4. The molecule has 0 aromatic heterocycles. The Hall–Kier alpha value is -1.85. The highest BCUT2D eigenvalue weighted by atomic mass is 32.2. The van der Waals surface area contributed by atoms with Gasteiger partial charge in [0, 0.05) is 17.9 Å². The van der Waals surface area contributed by atoms with Crippen LogP contribution in [-0.4, -0.2) is 16.8 Å². The molecule has 0 aliphatic heterocycles. The molecule has 0 atom stereocenters. The van der Waals surface area contributed by atoms with Crippen LogP contribution in [0.2, 0.25) is 0 Å². The number of hydrogen-bond acceptors (Lipinski definition) is 3. The van der Waals surface area contributed by atoms with Crippen molar-refractivity contribution in [2.45, 2.75) is 18.9 Å². The molecule has 0 heterocycles. The zero-order chi connectivity index (χ0) is 15.8. The van der Waals surface area contributed by atoms with Gasteiger partial charge in [0.2, 0.25) is 5.91 Å². The normalized spacial score (nSPS) is 10.5. The van der Waals surface area contributed by atoms with Crippen LogP contribution in [0.15, 0.2) is 48.5 Å². The molecular weight excluding hydrogens is 301 g/mol. The van der Waals surface area contributed by atoms with Gasteiger partial charge in [0.25, 0.3) is 0 Å². The molecule has 0 unspecified atom stereocenters. The summed E-state index contributed by atoms with van der Waals surface area (Å²) in [7, 11) is 0. The third kappa shape index (κ3) is 5.16. The summed E-state index contributed by atoms with van der Waals surface area (Å²) in [6, 6.07) is 14.0. The van der Waals surface area contributed by atoms with Crippen LogP contribution in [0.5, 0.6) is 0 Å². The molecule has 0 saturated carbocycles. The number of thioether (sulfide) groups is 1. The van der Waals surface area contributed by atoms with Crippen molar-refractivity contribution in [2.75, 3.05) is 5.75 Å². The summed E-state index contributed by atoms with van der Waals surface area (Å²) >= 11 is 1.50. The number of rotatable bonds is 7. The molecule has 2 N–H and O–H groups in total. The van der Waals surface area contributed by atoms with Crippen LogP contribution in [0, 0.1) is 5.82 Å². The van der Waals surface area contributed by atoms with Crippen molar-refractivity contribution in [3.63, 3.8) is 0 Å². The number of aliphatic hydroxyl groups excluding tert-OH is 1. The summed E-state index contributed by atoms with van der Waals surface area (Å²) in [6.45, 7) is 0.239. The highest BCUT2D eigenvalue weighted by Crippen LogP contribution is 2.13. The molecule has 0 spiro atoms. The number of carbonyl (C=O) groups excluding carboxylic acids is 1. The standard InChI is InChI=1S/C17H18FNO2S/c18-16-4-2-1-3-15(16)9-19-17(21)12-22-11-14-7-5-13(10-20)6-8-14/h1-8,20H,9-12H2,(H,19,21). The minimum absolute atomic E-state index is 0.0336. The quantitative estimate of drug-likeness (QED) is 0.825. The number of nitrogens with one attached hydrogen (secondary N) is 1. The van der Waals surface area contributed by atoms with E-state index in [0.717, 1.165) is 16.9 Å². The highest BCUT2D eigenvalue weighted by Gasteiger charge is 2.05. The van der Waals surface area contributed by atoms with E-state index in [1.54, 1.807) is 18.2 Å². The predicted octanol–water partition coefficient (Wildman–Crippen LogP) is 2.87. The Balaban J connectivity index is 1.70. The lowest BCUT2D eigenvalue weighted by Gasteiger charge is -2.06. The maximum Gasteiger partial charge on any atom is 0.230 e. The van der Waals surface area contributed by atoms with E-state index in [4.69, 9.17) is 5.11 Å². The van der Waals surface area contributed by atoms with E-state index in [1.165, 1.54) is 17.8 Å². The number of aliphatic hydroxyl groups is 1. The van der Waals surface area contributed by atoms with Crippen LogP contribution < -0.4 is 5.32 Å². The fraction of sp³-hybridized carbons (Fsp3) is 0.235. The zero-order valence-electron chi connectivity index (χ0n) is 12.1. The molecule has 5 heteroatoms. The third-order valence-corrected chi connectivity index (χ3v) is 4.15. The first-order chi connectivity index (χ1) is 10.7. The smallest absolute Gasteiger partial charge is 0.230 e. The zero-order valence-corrected chi connectivity index (χ0v) is 12.9. The fourth-order valence-corrected chi connectivity index (χ4v) is 2.71. The largest absolute Gasteiger partial charge is 0.392 e. The van der Waals surface area contributed by atoms with Gasteiger partial charge < -0.3 is 10.4 Å². The summed E-state index contributed by atoms with van der Waals surface area (Å²) in [5.41, 5.74) is 2.46. The Morgan fingerprint density at radius 2 is 1.77 bits per heavy atom. The maximum absolute atomic E-state index is 13.4. The molecule has 0 bridgehead atoms. The average molecular weight is 319 g/mol. The van der Waals surface area contributed by atoms with E-state index in [9.17, 15) is 9.18 Å². The Morgan fingerprint density at radius 3 is 2.45 bits per heavy atom. The number of halogens is 1. The van der Waals surface area contributed by atoms with Crippen molar-refractivity contribution in [2.24, 2.45) is 0 Å². The van der Waals surface area contributed by atoms with E-state index in [-0.39, 0.29) is 24.9 Å². The average Bonchev–Trinajstić information content (AvgIpc) is 2.55. The van der Waals surface area contributed by atoms with Gasteiger partial charge in [0.1, 0.15) is 5.82 Å². The lowest BCUT2D eigenvalue weighted by molar-refractivity contribution is -0.118. The number of benzene rings is 2. The number of hydrogen-bond donors (Lipinski definition) is 2. The molecule has 0 radical (unpaired) electrons. The second-order valence-corrected chi connectivity index (χ2v) is 5.82. The third-order valence-electron chi connectivity index (χ3n) is 3.14. The van der Waals surface area contributed by atoms with E-state index in [0.29, 0.717) is 11.3 Å². The second-order valence-electron chi connectivity index (χ2n) is 4.84. The van der Waals surface area contributed by atoms with E-state index in [2.05, 4.69) is 5.32 Å². The number of carbonyl (C=O) groups is 1. The summed E-state index contributed by atoms with van der Waals surface area (Å²) in [6.07, 6.45) is 0. The van der Waals surface area contributed by atoms with Crippen molar-refractivity contribution in [3.05, 3.63) is 71.0 Å². The minimum Gasteiger partial charge on any atom is -0.392 e. The van der Waals surface area contributed by atoms with Crippen LogP contribution in [0.3, 0.4) is 0 Å². The molecule has 0 aliphatic rings. The molecule has 22 heavy (non-hydrogen) atoms. The highest BCUT2D eigenvalue weighted by molar-refractivity contribution is 7.99. The molecule has 0 aliphatic carbocycles. The lowest BCUT2D eigenvalue weighted by atomic mass is 10.2. The van der Waals surface area contributed by atoms with Gasteiger partial charge in [0.15, 0.2) is 0 Å². The van der Waals surface area contributed by atoms with Crippen LogP contribution >= 0.6 is 11.8 Å². The summed E-state index contributed by atoms with van der Waals surface area (Å²) in [4.78, 5) is 11.7. The first kappa shape index (κ1) is 16.5. The lowest BCUT2D eigenvalue weighted by Crippen LogP contribution is -2.25. The molecule has 0 saturated heterocycles. The molecule has 2 aromatic carbocycles. The van der Waals surface area contributed by atoms with Crippen molar-refractivity contribution >= 4 is 17.7 Å². The number of amides is 1. The van der Waals surface area contributed by atoms with Crippen LogP contribution in [0.4, 0.5) is 4.39 Å². The molecule has 1 amide bonds. The van der Waals surface area contributed by atoms with Gasteiger partial charge in [-0.25, -0.2) is 4.39 Å². The summed E-state index contributed by atoms with van der Waals surface area (Å²) in [5, 5.41) is 11.7.